The summed E-state index contributed by atoms with van der Waals surface area (Å²) in [6.07, 6.45) is 0. The van der Waals surface area contributed by atoms with Crippen molar-refractivity contribution in [1.82, 2.24) is 14.9 Å². The van der Waals surface area contributed by atoms with E-state index in [0.29, 0.717) is 28.9 Å². The van der Waals surface area contributed by atoms with Gasteiger partial charge >= 0.3 is 0 Å². The van der Waals surface area contributed by atoms with Crippen LogP contribution in [-0.2, 0) is 6.54 Å². The highest BCUT2D eigenvalue weighted by molar-refractivity contribution is 5.93. The summed E-state index contributed by atoms with van der Waals surface area (Å²) in [6, 6.07) is 7.51. The number of benzene rings is 1. The Bertz CT molecular complexity index is 847. The second kappa shape index (κ2) is 5.05. The summed E-state index contributed by atoms with van der Waals surface area (Å²) < 4.78 is 11.7. The van der Waals surface area contributed by atoms with Crippen LogP contribution in [0.4, 0.5) is 0 Å². The molecule has 0 radical (unpaired) electrons. The van der Waals surface area contributed by atoms with Crippen LogP contribution in [-0.4, -0.2) is 22.0 Å². The number of ether oxygens (including phenoxy) is 1. The normalized spacial score (nSPS) is 11.0. The minimum atomic E-state index is -0.235. The van der Waals surface area contributed by atoms with Crippen LogP contribution in [0.2, 0.25) is 0 Å². The highest BCUT2D eigenvalue weighted by Crippen LogP contribution is 2.28. The number of aryl methyl sites for hydroxylation is 2. The quantitative estimate of drug-likeness (QED) is 0.739. The van der Waals surface area contributed by atoms with Crippen LogP contribution in [0.15, 0.2) is 33.6 Å². The van der Waals surface area contributed by atoms with Crippen molar-refractivity contribution in [1.29, 1.82) is 0 Å². The van der Waals surface area contributed by atoms with E-state index in [1.54, 1.807) is 14.0 Å². The summed E-state index contributed by atoms with van der Waals surface area (Å²) in [5, 5.41) is 8.98. The maximum atomic E-state index is 12.2. The zero-order valence-corrected chi connectivity index (χ0v) is 12.1. The van der Waals surface area contributed by atoms with Gasteiger partial charge in [0.15, 0.2) is 5.52 Å². The van der Waals surface area contributed by atoms with Gasteiger partial charge < -0.3 is 9.26 Å². The van der Waals surface area contributed by atoms with E-state index in [0.717, 1.165) is 11.3 Å². The molecule has 108 valence electrons. The van der Waals surface area contributed by atoms with Gasteiger partial charge in [-0.2, -0.15) is 5.10 Å². The van der Waals surface area contributed by atoms with Crippen LogP contribution in [0, 0.1) is 6.92 Å². The van der Waals surface area contributed by atoms with E-state index < -0.39 is 0 Å². The fraction of sp³-hybridized carbons (Fsp3) is 0.267. The zero-order chi connectivity index (χ0) is 15.0. The van der Waals surface area contributed by atoms with E-state index in [-0.39, 0.29) is 5.56 Å². The van der Waals surface area contributed by atoms with Gasteiger partial charge in [-0.1, -0.05) is 5.16 Å². The van der Waals surface area contributed by atoms with Crippen LogP contribution in [0.5, 0.6) is 5.75 Å². The zero-order valence-electron chi connectivity index (χ0n) is 12.1. The number of rotatable bonds is 3. The molecule has 6 heteroatoms. The molecule has 0 bridgehead atoms. The van der Waals surface area contributed by atoms with Crippen molar-refractivity contribution in [2.45, 2.75) is 20.4 Å². The van der Waals surface area contributed by atoms with Crippen molar-refractivity contribution in [2.24, 2.45) is 0 Å². The van der Waals surface area contributed by atoms with Gasteiger partial charge in [0.2, 0.25) is 0 Å². The lowest BCUT2D eigenvalue weighted by molar-refractivity contribution is 0.405. The molecule has 0 saturated carbocycles. The van der Waals surface area contributed by atoms with E-state index >= 15 is 0 Å². The third kappa shape index (κ3) is 2.08. The average molecular weight is 285 g/mol. The lowest BCUT2D eigenvalue weighted by Gasteiger charge is -2.07. The fourth-order valence-corrected chi connectivity index (χ4v) is 2.30. The highest BCUT2D eigenvalue weighted by atomic mass is 16.5. The monoisotopic (exact) mass is 285 g/mol. The molecule has 21 heavy (non-hydrogen) atoms. The molecule has 0 aliphatic carbocycles. The predicted molar refractivity (Wildman–Crippen MR) is 78.5 cm³/mol. The van der Waals surface area contributed by atoms with E-state index in [9.17, 15) is 4.79 Å². The van der Waals surface area contributed by atoms with E-state index in [1.807, 2.05) is 31.2 Å². The van der Waals surface area contributed by atoms with Crippen LogP contribution in [0.3, 0.4) is 0 Å². The number of fused-ring (bicyclic) bond motifs is 1. The van der Waals surface area contributed by atoms with Crippen LogP contribution < -0.4 is 10.3 Å². The topological polar surface area (TPSA) is 70.2 Å². The van der Waals surface area contributed by atoms with Crippen LogP contribution >= 0.6 is 0 Å². The molecule has 3 aromatic rings. The Balaban J connectivity index is 2.32. The molecule has 0 amide bonds. The van der Waals surface area contributed by atoms with Gasteiger partial charge in [0.25, 0.3) is 5.56 Å². The van der Waals surface area contributed by atoms with Gasteiger partial charge in [0, 0.05) is 12.1 Å². The number of methoxy groups -OCH3 is 1. The van der Waals surface area contributed by atoms with Crippen molar-refractivity contribution in [3.8, 4) is 17.0 Å². The third-order valence-electron chi connectivity index (χ3n) is 3.42. The molecule has 0 unspecified atom stereocenters. The smallest absolute Gasteiger partial charge is 0.296 e. The Kier molecular flexibility index (Phi) is 3.21. The first kappa shape index (κ1) is 13.4. The SMILES string of the molecule is CCn1nc(-c2ccc(OC)cc2)c2c(C)onc2c1=O. The third-order valence-corrected chi connectivity index (χ3v) is 3.42. The second-order valence-electron chi connectivity index (χ2n) is 4.66. The summed E-state index contributed by atoms with van der Waals surface area (Å²) >= 11 is 0. The first-order chi connectivity index (χ1) is 10.2. The molecule has 0 aliphatic rings. The molecule has 6 nitrogen and oxygen atoms in total. The highest BCUT2D eigenvalue weighted by Gasteiger charge is 2.18. The second-order valence-corrected chi connectivity index (χ2v) is 4.66. The minimum Gasteiger partial charge on any atom is -0.497 e. The molecule has 2 heterocycles. The molecule has 1 aromatic carbocycles. The van der Waals surface area contributed by atoms with E-state index in [1.165, 1.54) is 4.68 Å². The number of nitrogens with zero attached hydrogens (tertiary/aromatic N) is 3. The summed E-state index contributed by atoms with van der Waals surface area (Å²) in [6.45, 7) is 4.12. The maximum Gasteiger partial charge on any atom is 0.296 e. The van der Waals surface area contributed by atoms with Crippen LogP contribution in [0.25, 0.3) is 22.2 Å². The molecule has 0 N–H and O–H groups in total. The van der Waals surface area contributed by atoms with Crippen molar-refractivity contribution in [3.05, 3.63) is 40.4 Å². The van der Waals surface area contributed by atoms with Gasteiger partial charge in [-0.15, -0.1) is 0 Å². The van der Waals surface area contributed by atoms with Gasteiger partial charge in [-0.05, 0) is 38.1 Å². The summed E-state index contributed by atoms with van der Waals surface area (Å²) in [5.74, 6) is 1.35. The standard InChI is InChI=1S/C15H15N3O3/c1-4-18-15(19)14-12(9(2)21-17-14)13(16-18)10-5-7-11(20-3)8-6-10/h5-8H,4H2,1-3H3. The van der Waals surface area contributed by atoms with Crippen molar-refractivity contribution in [2.75, 3.05) is 7.11 Å². The predicted octanol–water partition coefficient (Wildman–Crippen LogP) is 2.39. The van der Waals surface area contributed by atoms with Crippen molar-refractivity contribution in [3.63, 3.8) is 0 Å². The average Bonchev–Trinajstić information content (AvgIpc) is 2.91. The Labute approximate surface area is 120 Å². The molecular weight excluding hydrogens is 270 g/mol. The Hall–Kier alpha value is -2.63. The van der Waals surface area contributed by atoms with E-state index in [4.69, 9.17) is 9.26 Å². The largest absolute Gasteiger partial charge is 0.497 e. The first-order valence-electron chi connectivity index (χ1n) is 6.67. The lowest BCUT2D eigenvalue weighted by atomic mass is 10.1. The number of hydrogen-bond donors (Lipinski definition) is 0. The number of aromatic nitrogens is 3. The molecule has 0 fully saturated rings. The first-order valence-corrected chi connectivity index (χ1v) is 6.67. The minimum absolute atomic E-state index is 0.235. The molecule has 3 rings (SSSR count). The van der Waals surface area contributed by atoms with Gasteiger partial charge in [0.05, 0.1) is 12.5 Å². The van der Waals surface area contributed by atoms with Gasteiger partial charge in [0.1, 0.15) is 17.2 Å². The lowest BCUT2D eigenvalue weighted by Crippen LogP contribution is -2.23. The Morgan fingerprint density at radius 1 is 1.29 bits per heavy atom. The Morgan fingerprint density at radius 2 is 2.00 bits per heavy atom. The molecule has 0 aliphatic heterocycles. The van der Waals surface area contributed by atoms with Crippen LogP contribution in [0.1, 0.15) is 12.7 Å². The molecule has 0 atom stereocenters. The summed E-state index contributed by atoms with van der Waals surface area (Å²) in [4.78, 5) is 12.2. The van der Waals surface area contributed by atoms with Crippen molar-refractivity contribution < 1.29 is 9.26 Å². The maximum absolute atomic E-state index is 12.2. The molecule has 0 saturated heterocycles. The number of hydrogen-bond acceptors (Lipinski definition) is 5. The molecule has 2 aromatic heterocycles. The summed E-state index contributed by atoms with van der Waals surface area (Å²) in [5.41, 5.74) is 1.65. The summed E-state index contributed by atoms with van der Waals surface area (Å²) in [7, 11) is 1.62. The van der Waals surface area contributed by atoms with E-state index in [2.05, 4.69) is 10.3 Å². The Morgan fingerprint density at radius 3 is 2.62 bits per heavy atom. The molecular formula is C15H15N3O3. The fourth-order valence-electron chi connectivity index (χ4n) is 2.30. The molecule has 0 spiro atoms. The van der Waals surface area contributed by atoms with Gasteiger partial charge in [-0.25, -0.2) is 4.68 Å². The van der Waals surface area contributed by atoms with Crippen molar-refractivity contribution >= 4 is 10.9 Å². The van der Waals surface area contributed by atoms with Gasteiger partial charge in [-0.3, -0.25) is 4.79 Å².